The van der Waals surface area contributed by atoms with Crippen molar-refractivity contribution >= 4 is 42.4 Å². The molecule has 1 heterocycles. The van der Waals surface area contributed by atoms with Crippen LogP contribution in [0.25, 0.3) is 10.8 Å². The lowest BCUT2D eigenvalue weighted by Gasteiger charge is -2.26. The second-order valence-electron chi connectivity index (χ2n) is 6.82. The SMILES string of the molecule is CN(C)C1C=CC2=Nc3c(ccc4c(S(=O)(=O)O)cc(S(=O)(=O)O)cc34)OC2=C1. The van der Waals surface area contributed by atoms with Crippen LogP contribution in [0.1, 0.15) is 0 Å². The highest BCUT2D eigenvalue weighted by atomic mass is 32.2. The van der Waals surface area contributed by atoms with Crippen molar-refractivity contribution in [1.82, 2.24) is 4.90 Å². The predicted octanol–water partition coefficient (Wildman–Crippen LogP) is 2.18. The fourth-order valence-corrected chi connectivity index (χ4v) is 4.55. The maximum Gasteiger partial charge on any atom is 0.295 e. The van der Waals surface area contributed by atoms with Gasteiger partial charge >= 0.3 is 0 Å². The lowest BCUT2D eigenvalue weighted by molar-refractivity contribution is 0.375. The molecule has 1 aliphatic carbocycles. The van der Waals surface area contributed by atoms with Gasteiger partial charge in [-0.2, -0.15) is 16.8 Å². The number of fused-ring (bicyclic) bond motifs is 4. The number of benzene rings is 2. The van der Waals surface area contributed by atoms with Crippen molar-refractivity contribution in [3.05, 3.63) is 48.3 Å². The fourth-order valence-electron chi connectivity index (χ4n) is 3.21. The molecule has 2 aliphatic rings. The molecule has 4 rings (SSSR count). The molecule has 0 fully saturated rings. The molecule has 0 spiro atoms. The molecule has 1 atom stereocenters. The number of likely N-dealkylation sites (N-methyl/N-ethyl adjacent to an activating group) is 1. The number of nitrogens with zero attached hydrogens (tertiary/aromatic N) is 2. The van der Waals surface area contributed by atoms with Crippen LogP contribution in [0.2, 0.25) is 0 Å². The summed E-state index contributed by atoms with van der Waals surface area (Å²) in [4.78, 5) is 5.13. The highest BCUT2D eigenvalue weighted by Gasteiger charge is 2.27. The van der Waals surface area contributed by atoms with E-state index in [2.05, 4.69) is 4.99 Å². The van der Waals surface area contributed by atoms with Crippen LogP contribution in [0.3, 0.4) is 0 Å². The number of rotatable bonds is 3. The van der Waals surface area contributed by atoms with Gasteiger partial charge in [-0.1, -0.05) is 6.08 Å². The van der Waals surface area contributed by atoms with E-state index in [-0.39, 0.29) is 28.3 Å². The maximum absolute atomic E-state index is 11.8. The van der Waals surface area contributed by atoms with E-state index < -0.39 is 30.0 Å². The molecule has 0 aromatic heterocycles. The molecule has 2 aromatic rings. The summed E-state index contributed by atoms with van der Waals surface area (Å²) in [5.41, 5.74) is 0.673. The first kappa shape index (κ1) is 19.7. The van der Waals surface area contributed by atoms with Gasteiger partial charge in [-0.05, 0) is 50.5 Å². The van der Waals surface area contributed by atoms with Crippen LogP contribution in [0.15, 0.2) is 63.0 Å². The molecular weight excluding hydrogens is 420 g/mol. The number of ether oxygens (including phenoxy) is 1. The number of aliphatic imine (C=N–C) groups is 1. The third-order valence-corrected chi connectivity index (χ3v) is 6.38. The van der Waals surface area contributed by atoms with E-state index >= 15 is 0 Å². The second-order valence-corrected chi connectivity index (χ2v) is 9.63. The normalized spacial score (nSPS) is 18.7. The average Bonchev–Trinajstić information content (AvgIpc) is 2.63. The van der Waals surface area contributed by atoms with Crippen molar-refractivity contribution < 1.29 is 30.7 Å². The summed E-state index contributed by atoms with van der Waals surface area (Å²) in [5.74, 6) is 0.799. The Hall–Kier alpha value is -2.57. The topological polar surface area (TPSA) is 134 Å². The van der Waals surface area contributed by atoms with Gasteiger partial charge < -0.3 is 4.74 Å². The molecular formula is C18H16N2O7S2. The molecule has 0 saturated heterocycles. The fraction of sp³-hybridized carbons (Fsp3) is 0.167. The van der Waals surface area contributed by atoms with Crippen molar-refractivity contribution in [2.75, 3.05) is 14.1 Å². The van der Waals surface area contributed by atoms with Crippen molar-refractivity contribution in [2.45, 2.75) is 15.8 Å². The third-order valence-electron chi connectivity index (χ3n) is 4.66. The molecule has 0 saturated carbocycles. The Morgan fingerprint density at radius 2 is 1.76 bits per heavy atom. The monoisotopic (exact) mass is 436 g/mol. The summed E-state index contributed by atoms with van der Waals surface area (Å²) in [6.07, 6.45) is 5.51. The Morgan fingerprint density at radius 1 is 1.03 bits per heavy atom. The van der Waals surface area contributed by atoms with Gasteiger partial charge in [0.25, 0.3) is 20.2 Å². The van der Waals surface area contributed by atoms with Crippen molar-refractivity contribution in [2.24, 2.45) is 4.99 Å². The summed E-state index contributed by atoms with van der Waals surface area (Å²) in [7, 11) is -5.70. The lowest BCUT2D eigenvalue weighted by atomic mass is 10.0. The summed E-state index contributed by atoms with van der Waals surface area (Å²) in [6.45, 7) is 0. The van der Waals surface area contributed by atoms with E-state index in [1.165, 1.54) is 12.1 Å². The molecule has 11 heteroatoms. The van der Waals surface area contributed by atoms with Gasteiger partial charge in [0, 0.05) is 16.8 Å². The van der Waals surface area contributed by atoms with Crippen molar-refractivity contribution in [1.29, 1.82) is 0 Å². The zero-order valence-corrected chi connectivity index (χ0v) is 16.9. The minimum atomic E-state index is -4.77. The van der Waals surface area contributed by atoms with E-state index in [9.17, 15) is 25.9 Å². The first-order valence-electron chi connectivity index (χ1n) is 8.34. The number of hydrogen-bond acceptors (Lipinski definition) is 7. The first-order valence-corrected chi connectivity index (χ1v) is 11.2. The molecule has 0 bridgehead atoms. The van der Waals surface area contributed by atoms with E-state index in [0.29, 0.717) is 17.5 Å². The van der Waals surface area contributed by atoms with Gasteiger partial charge in [-0.3, -0.25) is 14.0 Å². The van der Waals surface area contributed by atoms with Gasteiger partial charge in [0.1, 0.15) is 16.3 Å². The number of allylic oxidation sites excluding steroid dienone is 1. The van der Waals surface area contributed by atoms with Crippen LogP contribution in [0.5, 0.6) is 5.75 Å². The average molecular weight is 436 g/mol. The largest absolute Gasteiger partial charge is 0.453 e. The van der Waals surface area contributed by atoms with Crippen LogP contribution in [0.4, 0.5) is 5.69 Å². The van der Waals surface area contributed by atoms with Gasteiger partial charge in [0.15, 0.2) is 11.5 Å². The lowest BCUT2D eigenvalue weighted by Crippen LogP contribution is -2.29. The van der Waals surface area contributed by atoms with Gasteiger partial charge in [0.2, 0.25) is 0 Å². The van der Waals surface area contributed by atoms with Crippen LogP contribution in [-0.2, 0) is 20.2 Å². The zero-order valence-electron chi connectivity index (χ0n) is 15.3. The Bertz CT molecular complexity index is 1350. The molecule has 1 aliphatic heterocycles. The molecule has 29 heavy (non-hydrogen) atoms. The van der Waals surface area contributed by atoms with E-state index in [1.807, 2.05) is 31.1 Å². The first-order chi connectivity index (χ1) is 13.4. The second kappa shape index (κ2) is 6.47. The third kappa shape index (κ3) is 3.47. The molecule has 0 amide bonds. The molecule has 2 N–H and O–H groups in total. The molecule has 0 radical (unpaired) electrons. The van der Waals surface area contributed by atoms with Crippen molar-refractivity contribution in [3.8, 4) is 5.75 Å². The Labute approximate surface area is 167 Å². The Balaban J connectivity index is 2.02. The highest BCUT2D eigenvalue weighted by Crippen LogP contribution is 2.43. The summed E-state index contributed by atoms with van der Waals surface area (Å²) >= 11 is 0. The Morgan fingerprint density at radius 3 is 2.38 bits per heavy atom. The smallest absolute Gasteiger partial charge is 0.295 e. The highest BCUT2D eigenvalue weighted by molar-refractivity contribution is 7.86. The molecule has 152 valence electrons. The van der Waals surface area contributed by atoms with E-state index in [1.54, 1.807) is 6.08 Å². The zero-order chi connectivity index (χ0) is 21.1. The summed E-state index contributed by atoms with van der Waals surface area (Å²) < 4.78 is 71.8. The van der Waals surface area contributed by atoms with Crippen molar-refractivity contribution in [3.63, 3.8) is 0 Å². The van der Waals surface area contributed by atoms with Crippen LogP contribution >= 0.6 is 0 Å². The van der Waals surface area contributed by atoms with E-state index in [4.69, 9.17) is 4.74 Å². The van der Waals surface area contributed by atoms with Crippen LogP contribution in [-0.4, -0.2) is 56.7 Å². The van der Waals surface area contributed by atoms with Gasteiger partial charge in [-0.25, -0.2) is 4.99 Å². The van der Waals surface area contributed by atoms with Crippen LogP contribution < -0.4 is 4.74 Å². The predicted molar refractivity (Wildman–Crippen MR) is 106 cm³/mol. The van der Waals surface area contributed by atoms with E-state index in [0.717, 1.165) is 6.07 Å². The van der Waals surface area contributed by atoms with Crippen LogP contribution in [0, 0.1) is 0 Å². The molecule has 9 nitrogen and oxygen atoms in total. The minimum Gasteiger partial charge on any atom is -0.453 e. The van der Waals surface area contributed by atoms with Gasteiger partial charge in [-0.15, -0.1) is 0 Å². The molecule has 2 aromatic carbocycles. The maximum atomic E-state index is 11.8. The summed E-state index contributed by atoms with van der Waals surface area (Å²) in [6, 6.07) is 4.67. The quantitative estimate of drug-likeness (QED) is 0.700. The number of hydrogen-bond donors (Lipinski definition) is 2. The molecule has 1 unspecified atom stereocenters. The Kier molecular flexibility index (Phi) is 4.40. The summed E-state index contributed by atoms with van der Waals surface area (Å²) in [5, 5.41) is 0.143. The van der Waals surface area contributed by atoms with Gasteiger partial charge in [0.05, 0.1) is 4.90 Å². The minimum absolute atomic E-state index is 0.00299. The standard InChI is InChI=1S/C18H16N2O7S2/c1-20(2)10-3-5-14-16(7-10)27-15-6-4-12-13(18(15)19-14)8-11(28(21,22)23)9-17(12)29(24,25)26/h3-10H,1-2H3,(H,21,22,23)(H,24,25,26).